The Labute approximate surface area is 170 Å². The predicted octanol–water partition coefficient (Wildman–Crippen LogP) is 4.23. The molecule has 1 atom stereocenters. The molecule has 1 amide bonds. The Bertz CT molecular complexity index is 1070. The molecule has 5 nitrogen and oxygen atoms in total. The fourth-order valence-electron chi connectivity index (χ4n) is 4.16. The molecule has 4 rings (SSSR count). The Kier molecular flexibility index (Phi) is 4.97. The highest BCUT2D eigenvalue weighted by molar-refractivity contribution is 5.99. The van der Waals surface area contributed by atoms with Crippen LogP contribution in [-0.2, 0) is 16.0 Å². The molecule has 148 valence electrons. The highest BCUT2D eigenvalue weighted by atomic mass is 16.5. The molecule has 3 aromatic rings. The third-order valence-electron chi connectivity index (χ3n) is 5.47. The van der Waals surface area contributed by atoms with Crippen LogP contribution >= 0.6 is 0 Å². The highest BCUT2D eigenvalue weighted by Gasteiger charge is 2.31. The van der Waals surface area contributed by atoms with E-state index >= 15 is 0 Å². The molecular formula is C24H24N2O3. The molecule has 2 aromatic carbocycles. The third kappa shape index (κ3) is 3.44. The molecular weight excluding hydrogens is 364 g/mol. The summed E-state index contributed by atoms with van der Waals surface area (Å²) in [5, 5.41) is 0. The summed E-state index contributed by atoms with van der Waals surface area (Å²) in [6, 6.07) is 19.6. The van der Waals surface area contributed by atoms with Gasteiger partial charge >= 0.3 is 5.97 Å². The summed E-state index contributed by atoms with van der Waals surface area (Å²) < 4.78 is 7.42. The van der Waals surface area contributed by atoms with E-state index < -0.39 is 5.97 Å². The number of fused-ring (bicyclic) bond motifs is 1. The molecule has 0 saturated carbocycles. The maximum Gasteiger partial charge on any atom is 0.340 e. The first-order valence-corrected chi connectivity index (χ1v) is 9.79. The van der Waals surface area contributed by atoms with Crippen molar-refractivity contribution in [2.45, 2.75) is 33.2 Å². The van der Waals surface area contributed by atoms with Gasteiger partial charge in [-0.25, -0.2) is 4.79 Å². The van der Waals surface area contributed by atoms with Crippen LogP contribution in [0.5, 0.6) is 0 Å². The van der Waals surface area contributed by atoms with Crippen LogP contribution in [0.4, 0.5) is 5.69 Å². The minimum Gasteiger partial charge on any atom is -0.452 e. The SMILES string of the molecule is Cc1cc(C(=O)OCC(=O)N2c3ccccc3CC2C)c(C)n1-c1ccccc1. The van der Waals surface area contributed by atoms with E-state index in [0.29, 0.717) is 5.56 Å². The van der Waals surface area contributed by atoms with E-state index in [1.165, 1.54) is 0 Å². The molecule has 0 N–H and O–H groups in total. The fourth-order valence-corrected chi connectivity index (χ4v) is 4.16. The lowest BCUT2D eigenvalue weighted by molar-refractivity contribution is -0.122. The van der Waals surface area contributed by atoms with E-state index in [2.05, 4.69) is 0 Å². The first-order valence-electron chi connectivity index (χ1n) is 9.79. The van der Waals surface area contributed by atoms with Gasteiger partial charge in [0, 0.05) is 28.8 Å². The van der Waals surface area contributed by atoms with E-state index in [0.717, 1.165) is 34.7 Å². The monoisotopic (exact) mass is 388 g/mol. The largest absolute Gasteiger partial charge is 0.452 e. The number of para-hydroxylation sites is 2. The molecule has 29 heavy (non-hydrogen) atoms. The van der Waals surface area contributed by atoms with Crippen molar-refractivity contribution in [1.82, 2.24) is 4.57 Å². The topological polar surface area (TPSA) is 51.5 Å². The maximum atomic E-state index is 12.8. The first-order chi connectivity index (χ1) is 14.0. The van der Waals surface area contributed by atoms with Crippen molar-refractivity contribution in [1.29, 1.82) is 0 Å². The second kappa shape index (κ2) is 7.59. The number of esters is 1. The van der Waals surface area contributed by atoms with Crippen LogP contribution in [0.25, 0.3) is 5.69 Å². The smallest absolute Gasteiger partial charge is 0.340 e. The molecule has 5 heteroatoms. The van der Waals surface area contributed by atoms with Crippen molar-refractivity contribution in [3.63, 3.8) is 0 Å². The number of nitrogens with zero attached hydrogens (tertiary/aromatic N) is 2. The number of aromatic nitrogens is 1. The maximum absolute atomic E-state index is 12.8. The van der Waals surface area contributed by atoms with Crippen LogP contribution in [0.3, 0.4) is 0 Å². The summed E-state index contributed by atoms with van der Waals surface area (Å²) in [7, 11) is 0. The molecule has 1 aliphatic heterocycles. The molecule has 0 aliphatic carbocycles. The lowest BCUT2D eigenvalue weighted by Gasteiger charge is -2.22. The van der Waals surface area contributed by atoms with Gasteiger partial charge in [0.1, 0.15) is 0 Å². The Balaban J connectivity index is 1.49. The Morgan fingerprint density at radius 1 is 1.03 bits per heavy atom. The van der Waals surface area contributed by atoms with Gasteiger partial charge in [0.05, 0.1) is 5.56 Å². The second-order valence-electron chi connectivity index (χ2n) is 7.48. The Morgan fingerprint density at radius 3 is 2.48 bits per heavy atom. The standard InChI is InChI=1S/C24H24N2O3/c1-16-13-19-9-7-8-12-22(19)26(16)23(27)15-29-24(28)21-14-17(2)25(18(21)3)20-10-5-4-6-11-20/h4-12,14,16H,13,15H2,1-3H3. The van der Waals surface area contributed by atoms with Gasteiger partial charge in [-0.05, 0) is 57.0 Å². The molecule has 0 radical (unpaired) electrons. The average Bonchev–Trinajstić information content (AvgIpc) is 3.21. The Morgan fingerprint density at radius 2 is 1.72 bits per heavy atom. The molecule has 2 heterocycles. The number of hydrogen-bond acceptors (Lipinski definition) is 3. The van der Waals surface area contributed by atoms with Crippen molar-refractivity contribution in [2.75, 3.05) is 11.5 Å². The van der Waals surface area contributed by atoms with E-state index in [-0.39, 0.29) is 18.6 Å². The zero-order chi connectivity index (χ0) is 20.5. The van der Waals surface area contributed by atoms with Crippen LogP contribution in [0.1, 0.15) is 34.2 Å². The summed E-state index contributed by atoms with van der Waals surface area (Å²) in [4.78, 5) is 27.2. The molecule has 1 aliphatic rings. The number of anilines is 1. The second-order valence-corrected chi connectivity index (χ2v) is 7.48. The molecule has 0 saturated heterocycles. The van der Waals surface area contributed by atoms with Crippen LogP contribution in [-0.4, -0.2) is 29.1 Å². The van der Waals surface area contributed by atoms with E-state index in [4.69, 9.17) is 4.74 Å². The zero-order valence-electron chi connectivity index (χ0n) is 16.9. The van der Waals surface area contributed by atoms with Crippen molar-refractivity contribution >= 4 is 17.6 Å². The van der Waals surface area contributed by atoms with Gasteiger partial charge in [-0.3, -0.25) is 4.79 Å². The van der Waals surface area contributed by atoms with Crippen molar-refractivity contribution in [3.05, 3.63) is 83.2 Å². The van der Waals surface area contributed by atoms with Gasteiger partial charge < -0.3 is 14.2 Å². The normalized spacial score (nSPS) is 15.3. The summed E-state index contributed by atoms with van der Waals surface area (Å²) in [5.41, 5.74) is 5.25. The van der Waals surface area contributed by atoms with Crippen molar-refractivity contribution in [2.24, 2.45) is 0 Å². The molecule has 0 fully saturated rings. The van der Waals surface area contributed by atoms with Crippen LogP contribution in [0.2, 0.25) is 0 Å². The zero-order valence-corrected chi connectivity index (χ0v) is 16.9. The highest BCUT2D eigenvalue weighted by Crippen LogP contribution is 2.31. The molecule has 1 aromatic heterocycles. The summed E-state index contributed by atoms with van der Waals surface area (Å²) in [6.45, 7) is 5.57. The fraction of sp³-hybridized carbons (Fsp3) is 0.250. The van der Waals surface area contributed by atoms with E-state index in [1.54, 1.807) is 4.90 Å². The number of carbonyl (C=O) groups is 2. The minimum absolute atomic E-state index is 0.0572. The summed E-state index contributed by atoms with van der Waals surface area (Å²) in [5.74, 6) is -0.679. The molecule has 0 spiro atoms. The number of ether oxygens (including phenoxy) is 1. The van der Waals surface area contributed by atoms with Gasteiger partial charge in [0.15, 0.2) is 6.61 Å². The summed E-state index contributed by atoms with van der Waals surface area (Å²) in [6.07, 6.45) is 0.814. The van der Waals surface area contributed by atoms with Crippen LogP contribution < -0.4 is 4.90 Å². The van der Waals surface area contributed by atoms with E-state index in [1.807, 2.05) is 86.0 Å². The Hall–Kier alpha value is -3.34. The summed E-state index contributed by atoms with van der Waals surface area (Å²) >= 11 is 0. The molecule has 0 bridgehead atoms. The number of aryl methyl sites for hydroxylation is 1. The van der Waals surface area contributed by atoms with Gasteiger partial charge in [0.2, 0.25) is 0 Å². The number of hydrogen-bond donors (Lipinski definition) is 0. The lowest BCUT2D eigenvalue weighted by atomic mass is 10.1. The van der Waals surface area contributed by atoms with Crippen molar-refractivity contribution < 1.29 is 14.3 Å². The first kappa shape index (κ1) is 19.0. The number of benzene rings is 2. The quantitative estimate of drug-likeness (QED) is 0.629. The number of carbonyl (C=O) groups excluding carboxylic acids is 2. The third-order valence-corrected chi connectivity index (χ3v) is 5.47. The van der Waals surface area contributed by atoms with E-state index in [9.17, 15) is 9.59 Å². The van der Waals surface area contributed by atoms with Gasteiger partial charge in [-0.2, -0.15) is 0 Å². The van der Waals surface area contributed by atoms with Crippen molar-refractivity contribution in [3.8, 4) is 5.69 Å². The minimum atomic E-state index is -0.478. The van der Waals surface area contributed by atoms with Gasteiger partial charge in [-0.1, -0.05) is 36.4 Å². The van der Waals surface area contributed by atoms with Crippen LogP contribution in [0.15, 0.2) is 60.7 Å². The predicted molar refractivity (Wildman–Crippen MR) is 113 cm³/mol. The average molecular weight is 388 g/mol. The van der Waals surface area contributed by atoms with Gasteiger partial charge in [0.25, 0.3) is 5.91 Å². The van der Waals surface area contributed by atoms with Crippen LogP contribution in [0, 0.1) is 13.8 Å². The molecule has 1 unspecified atom stereocenters. The number of amides is 1. The number of rotatable bonds is 4. The lowest BCUT2D eigenvalue weighted by Crippen LogP contribution is -2.38. The van der Waals surface area contributed by atoms with Gasteiger partial charge in [-0.15, -0.1) is 0 Å².